The molecule has 0 saturated carbocycles. The highest BCUT2D eigenvalue weighted by Gasteiger charge is 1.95. The van der Waals surface area contributed by atoms with Gasteiger partial charge in [0.25, 0.3) is 0 Å². The molecular weight excluding hydrogens is 249 g/mol. The molecule has 0 rings (SSSR count). The molecule has 0 amide bonds. The minimum absolute atomic E-state index is 0.324. The molecule has 0 aromatic carbocycles. The van der Waals surface area contributed by atoms with Gasteiger partial charge in [-0.3, -0.25) is 4.79 Å². The van der Waals surface area contributed by atoms with Crippen LogP contribution in [0.4, 0.5) is 0 Å². The van der Waals surface area contributed by atoms with Crippen LogP contribution in [0, 0.1) is 0 Å². The predicted molar refractivity (Wildman–Crippen MR) is 87.0 cm³/mol. The van der Waals surface area contributed by atoms with Gasteiger partial charge in [0.15, 0.2) is 0 Å². The third-order valence-electron chi connectivity index (χ3n) is 3.34. The van der Waals surface area contributed by atoms with E-state index in [4.69, 9.17) is 5.11 Å². The van der Waals surface area contributed by atoms with E-state index >= 15 is 0 Å². The van der Waals surface area contributed by atoms with Gasteiger partial charge in [-0.15, -0.1) is 0 Å². The summed E-state index contributed by atoms with van der Waals surface area (Å²) < 4.78 is 0. The predicted octanol–water partition coefficient (Wildman–Crippen LogP) is 5.88. The minimum Gasteiger partial charge on any atom is -0.481 e. The van der Waals surface area contributed by atoms with Crippen LogP contribution in [0.2, 0.25) is 0 Å². The lowest BCUT2D eigenvalue weighted by Crippen LogP contribution is -1.93. The Hall–Kier alpha value is -1.05. The molecule has 0 aliphatic heterocycles. The first-order chi connectivity index (χ1) is 9.77. The first-order valence-corrected chi connectivity index (χ1v) is 8.29. The van der Waals surface area contributed by atoms with Gasteiger partial charge in [0.05, 0.1) is 0 Å². The summed E-state index contributed by atoms with van der Waals surface area (Å²) in [6.07, 6.45) is 22.3. The van der Waals surface area contributed by atoms with Crippen LogP contribution in [0.25, 0.3) is 0 Å². The third-order valence-corrected chi connectivity index (χ3v) is 3.34. The summed E-state index contributed by atoms with van der Waals surface area (Å²) >= 11 is 0. The molecule has 20 heavy (non-hydrogen) atoms. The monoisotopic (exact) mass is 281 g/mol. The molecular formula is C18H32O2. The Morgan fingerprint density at radius 1 is 0.800 bits per heavy atom. The van der Waals surface area contributed by atoms with Gasteiger partial charge in [-0.2, -0.15) is 0 Å². The van der Waals surface area contributed by atoms with E-state index in [1.54, 1.807) is 0 Å². The van der Waals surface area contributed by atoms with Crippen LogP contribution >= 0.6 is 0 Å². The number of aliphatic carboxylic acids is 1. The molecule has 2 heteroatoms. The van der Waals surface area contributed by atoms with Gasteiger partial charge in [0, 0.05) is 6.42 Å². The van der Waals surface area contributed by atoms with Crippen LogP contribution < -0.4 is 0 Å². The van der Waals surface area contributed by atoms with Crippen LogP contribution in [0.15, 0.2) is 24.3 Å². The van der Waals surface area contributed by atoms with E-state index in [9.17, 15) is 4.79 Å². The first kappa shape index (κ1) is 18.9. The maximum Gasteiger partial charge on any atom is 0.303 e. The van der Waals surface area contributed by atoms with Crippen molar-refractivity contribution in [3.05, 3.63) is 24.3 Å². The maximum absolute atomic E-state index is 10.3. The fourth-order valence-electron chi connectivity index (χ4n) is 2.09. The Balaban J connectivity index is 3.17. The summed E-state index contributed by atoms with van der Waals surface area (Å²) in [7, 11) is 0. The largest absolute Gasteiger partial charge is 0.481 e. The summed E-state index contributed by atoms with van der Waals surface area (Å²) in [6, 6.07) is 0. The summed E-state index contributed by atoms with van der Waals surface area (Å²) in [6.45, 7) is 2.23. The van der Waals surface area contributed by atoms with Crippen molar-refractivity contribution in [2.24, 2.45) is 0 Å². The number of rotatable bonds is 14. The molecule has 1 N–H and O–H groups in total. The quantitative estimate of drug-likeness (QED) is 0.245. The number of unbranched alkanes of at least 4 members (excludes halogenated alkanes) is 8. The highest BCUT2D eigenvalue weighted by Crippen LogP contribution is 2.08. The zero-order valence-corrected chi connectivity index (χ0v) is 13.2. The Morgan fingerprint density at radius 3 is 1.95 bits per heavy atom. The van der Waals surface area contributed by atoms with Crippen molar-refractivity contribution in [2.75, 3.05) is 0 Å². The van der Waals surface area contributed by atoms with Crippen molar-refractivity contribution in [3.63, 3.8) is 0 Å². The van der Waals surface area contributed by atoms with E-state index in [0.717, 1.165) is 25.7 Å². The molecule has 0 spiro atoms. The Labute approximate surface area is 125 Å². The van der Waals surface area contributed by atoms with Gasteiger partial charge < -0.3 is 5.11 Å². The minimum atomic E-state index is -0.671. The van der Waals surface area contributed by atoms with Gasteiger partial charge in [0.2, 0.25) is 0 Å². The summed E-state index contributed by atoms with van der Waals surface area (Å²) in [5.41, 5.74) is 0. The average molecular weight is 281 g/mol. The van der Waals surface area contributed by atoms with Crippen LogP contribution in [0.3, 0.4) is 0 Å². The molecule has 0 bridgehead atoms. The first-order valence-electron chi connectivity index (χ1n) is 8.29. The third kappa shape index (κ3) is 16.9. The summed E-state index contributed by atoms with van der Waals surface area (Å²) in [4.78, 5) is 10.3. The SMILES string of the molecule is [13CH3]CCCC/C=C\C/C=C\CCCCCCCC(=O)O. The van der Waals surface area contributed by atoms with E-state index < -0.39 is 5.97 Å². The molecule has 0 saturated heterocycles. The van der Waals surface area contributed by atoms with Gasteiger partial charge >= 0.3 is 5.97 Å². The molecule has 0 radical (unpaired) electrons. The second-order valence-corrected chi connectivity index (χ2v) is 5.37. The average Bonchev–Trinajstić information content (AvgIpc) is 2.43. The Morgan fingerprint density at radius 2 is 1.35 bits per heavy atom. The van der Waals surface area contributed by atoms with E-state index in [1.807, 2.05) is 0 Å². The molecule has 116 valence electrons. The van der Waals surface area contributed by atoms with Crippen molar-refractivity contribution in [2.45, 2.75) is 84.0 Å². The van der Waals surface area contributed by atoms with Gasteiger partial charge in [-0.1, -0.05) is 63.3 Å². The number of carboxylic acids is 1. The topological polar surface area (TPSA) is 37.3 Å². The van der Waals surface area contributed by atoms with Crippen molar-refractivity contribution < 1.29 is 9.90 Å². The summed E-state index contributed by atoms with van der Waals surface area (Å²) in [5.74, 6) is -0.671. The van der Waals surface area contributed by atoms with Gasteiger partial charge in [-0.05, 0) is 38.5 Å². The molecule has 0 aliphatic carbocycles. The molecule has 0 heterocycles. The Kier molecular flexibility index (Phi) is 15.2. The van der Waals surface area contributed by atoms with Crippen molar-refractivity contribution in [3.8, 4) is 0 Å². The fraction of sp³-hybridized carbons (Fsp3) is 0.722. The highest BCUT2D eigenvalue weighted by molar-refractivity contribution is 5.66. The maximum atomic E-state index is 10.3. The molecule has 0 unspecified atom stereocenters. The number of hydrogen-bond acceptors (Lipinski definition) is 1. The van der Waals surface area contributed by atoms with E-state index in [0.29, 0.717) is 6.42 Å². The molecule has 2 nitrogen and oxygen atoms in total. The number of allylic oxidation sites excluding steroid dienone is 4. The zero-order valence-electron chi connectivity index (χ0n) is 13.2. The zero-order chi connectivity index (χ0) is 14.9. The molecule has 0 aromatic rings. The normalized spacial score (nSPS) is 11.7. The number of carboxylic acid groups (broad SMARTS) is 1. The van der Waals surface area contributed by atoms with Gasteiger partial charge in [-0.25, -0.2) is 0 Å². The molecule has 0 atom stereocenters. The smallest absolute Gasteiger partial charge is 0.303 e. The molecule has 0 aliphatic rings. The molecule has 0 fully saturated rings. The lowest BCUT2D eigenvalue weighted by atomic mass is 10.1. The van der Waals surface area contributed by atoms with Crippen molar-refractivity contribution in [1.82, 2.24) is 0 Å². The van der Waals surface area contributed by atoms with Crippen LogP contribution in [-0.2, 0) is 4.79 Å². The number of hydrogen-bond donors (Lipinski definition) is 1. The van der Waals surface area contributed by atoms with Crippen molar-refractivity contribution >= 4 is 5.97 Å². The van der Waals surface area contributed by atoms with E-state index in [-0.39, 0.29) is 0 Å². The number of carbonyl (C=O) groups is 1. The summed E-state index contributed by atoms with van der Waals surface area (Å²) in [5, 5.41) is 8.50. The van der Waals surface area contributed by atoms with Crippen molar-refractivity contribution in [1.29, 1.82) is 0 Å². The lowest BCUT2D eigenvalue weighted by Gasteiger charge is -1.98. The Bertz CT molecular complexity index is 267. The second kappa shape index (κ2) is 16.0. The van der Waals surface area contributed by atoms with Crippen LogP contribution in [-0.4, -0.2) is 11.1 Å². The lowest BCUT2D eigenvalue weighted by molar-refractivity contribution is -0.137. The highest BCUT2D eigenvalue weighted by atomic mass is 16.4. The van der Waals surface area contributed by atoms with E-state index in [1.165, 1.54) is 44.9 Å². The second-order valence-electron chi connectivity index (χ2n) is 5.37. The fourth-order valence-corrected chi connectivity index (χ4v) is 2.09. The standard InChI is InChI=1S/C18H32O2/c1-2-3-4-5-6-7-8-9-10-11-12-13-14-15-16-17-18(19)20/h6-7,9-10H,2-5,8,11-17H2,1H3,(H,19,20)/b7-6-,10-9-/i1+1. The van der Waals surface area contributed by atoms with Gasteiger partial charge in [0.1, 0.15) is 0 Å². The molecule has 0 aromatic heterocycles. The van der Waals surface area contributed by atoms with E-state index in [2.05, 4.69) is 31.2 Å². The van der Waals surface area contributed by atoms with Crippen LogP contribution in [0.5, 0.6) is 0 Å². The van der Waals surface area contributed by atoms with Crippen LogP contribution in [0.1, 0.15) is 84.0 Å².